The van der Waals surface area contributed by atoms with Gasteiger partial charge in [0.05, 0.1) is 11.8 Å². The van der Waals surface area contributed by atoms with Gasteiger partial charge < -0.3 is 0 Å². The van der Waals surface area contributed by atoms with Crippen LogP contribution in [-0.2, 0) is 11.2 Å². The van der Waals surface area contributed by atoms with Crippen molar-refractivity contribution >= 4 is 17.1 Å². The second-order valence-corrected chi connectivity index (χ2v) is 5.25. The molecule has 1 unspecified atom stereocenters. The lowest BCUT2D eigenvalue weighted by Crippen LogP contribution is -2.12. The van der Waals surface area contributed by atoms with Gasteiger partial charge in [-0.15, -0.1) is 11.3 Å². The van der Waals surface area contributed by atoms with Crippen molar-refractivity contribution in [1.29, 1.82) is 5.26 Å². The van der Waals surface area contributed by atoms with Crippen molar-refractivity contribution in [1.82, 2.24) is 4.98 Å². The molecule has 0 spiro atoms. The number of Topliss-reactive ketones (excluding diaryl/α,β-unsaturated/α-hetero) is 1. The van der Waals surface area contributed by atoms with Gasteiger partial charge in [-0.25, -0.2) is 0 Å². The summed E-state index contributed by atoms with van der Waals surface area (Å²) in [6.45, 7) is 0. The molecular formula is C15H14N2OS. The highest BCUT2D eigenvalue weighted by atomic mass is 32.1. The number of thiophene rings is 1. The van der Waals surface area contributed by atoms with E-state index in [-0.39, 0.29) is 5.78 Å². The Morgan fingerprint density at radius 1 is 1.37 bits per heavy atom. The number of ketones is 1. The van der Waals surface area contributed by atoms with Gasteiger partial charge in [0, 0.05) is 17.5 Å². The van der Waals surface area contributed by atoms with E-state index in [9.17, 15) is 4.79 Å². The highest BCUT2D eigenvalue weighted by Crippen LogP contribution is 2.18. The quantitative estimate of drug-likeness (QED) is 0.809. The van der Waals surface area contributed by atoms with Crippen LogP contribution in [-0.4, -0.2) is 10.8 Å². The van der Waals surface area contributed by atoms with Gasteiger partial charge >= 0.3 is 0 Å². The highest BCUT2D eigenvalue weighted by Gasteiger charge is 2.20. The Morgan fingerprint density at radius 2 is 2.26 bits per heavy atom. The van der Waals surface area contributed by atoms with E-state index in [1.807, 2.05) is 11.4 Å². The van der Waals surface area contributed by atoms with Gasteiger partial charge in [-0.05, 0) is 36.4 Å². The molecule has 3 nitrogen and oxygen atoms in total. The third-order valence-corrected chi connectivity index (χ3v) is 3.80. The predicted octanol–water partition coefficient (Wildman–Crippen LogP) is 3.34. The number of rotatable bonds is 6. The van der Waals surface area contributed by atoms with Gasteiger partial charge in [0.25, 0.3) is 0 Å². The lowest BCUT2D eigenvalue weighted by molar-refractivity contribution is -0.119. The molecule has 0 bridgehead atoms. The molecule has 2 heterocycles. The van der Waals surface area contributed by atoms with Gasteiger partial charge in [0.1, 0.15) is 5.92 Å². The molecule has 0 aromatic carbocycles. The number of aromatic nitrogens is 1. The van der Waals surface area contributed by atoms with Crippen LogP contribution < -0.4 is 0 Å². The van der Waals surface area contributed by atoms with Crippen molar-refractivity contribution in [2.45, 2.75) is 25.2 Å². The summed E-state index contributed by atoms with van der Waals surface area (Å²) in [5.41, 5.74) is 0.547. The fraction of sp³-hybridized carbons (Fsp3) is 0.267. The summed E-state index contributed by atoms with van der Waals surface area (Å²) in [5.74, 6) is -0.776. The third-order valence-electron chi connectivity index (χ3n) is 2.86. The molecule has 0 aliphatic carbocycles. The number of carbonyl (C=O) groups is 1. The van der Waals surface area contributed by atoms with Crippen LogP contribution in [0.15, 0.2) is 41.9 Å². The second kappa shape index (κ2) is 6.81. The van der Waals surface area contributed by atoms with Crippen LogP contribution in [0.5, 0.6) is 0 Å². The van der Waals surface area contributed by atoms with E-state index >= 15 is 0 Å². The molecule has 0 radical (unpaired) electrons. The standard InChI is InChI=1S/C15H14N2OS/c16-11-13(14-7-1-2-9-17-14)15(18)8-3-5-12-6-4-10-19-12/h1-2,4,6-7,9-10,13H,3,5,8H2. The maximum absolute atomic E-state index is 12.0. The van der Waals surface area contributed by atoms with Gasteiger partial charge in [-0.2, -0.15) is 5.26 Å². The molecule has 96 valence electrons. The number of hydrogen-bond donors (Lipinski definition) is 0. The van der Waals surface area contributed by atoms with Crippen molar-refractivity contribution in [3.05, 3.63) is 52.5 Å². The molecule has 0 fully saturated rings. The largest absolute Gasteiger partial charge is 0.298 e. The van der Waals surface area contributed by atoms with Crippen LogP contribution in [0.2, 0.25) is 0 Å². The van der Waals surface area contributed by atoms with Gasteiger partial charge in [0.2, 0.25) is 0 Å². The first kappa shape index (κ1) is 13.4. The number of aryl methyl sites for hydroxylation is 1. The molecule has 0 aliphatic heterocycles. The maximum atomic E-state index is 12.0. The fourth-order valence-electron chi connectivity index (χ4n) is 1.89. The number of carbonyl (C=O) groups excluding carboxylic acids is 1. The minimum absolute atomic E-state index is 0.0437. The molecule has 1 atom stereocenters. The van der Waals surface area contributed by atoms with Crippen molar-refractivity contribution in [2.75, 3.05) is 0 Å². The van der Waals surface area contributed by atoms with Crippen LogP contribution in [0.4, 0.5) is 0 Å². The average molecular weight is 270 g/mol. The van der Waals surface area contributed by atoms with E-state index in [4.69, 9.17) is 5.26 Å². The summed E-state index contributed by atoms with van der Waals surface area (Å²) in [5, 5.41) is 11.2. The Balaban J connectivity index is 1.89. The lowest BCUT2D eigenvalue weighted by atomic mass is 9.97. The summed E-state index contributed by atoms with van der Waals surface area (Å²) in [4.78, 5) is 17.4. The maximum Gasteiger partial charge on any atom is 0.156 e. The molecule has 0 amide bonds. The van der Waals surface area contributed by atoms with Crippen LogP contribution in [0, 0.1) is 11.3 Å². The molecule has 2 aromatic rings. The monoisotopic (exact) mass is 270 g/mol. The summed E-state index contributed by atoms with van der Waals surface area (Å²) in [6, 6.07) is 11.4. The van der Waals surface area contributed by atoms with Gasteiger partial charge in [0.15, 0.2) is 5.78 Å². The number of nitriles is 1. The SMILES string of the molecule is N#CC(C(=O)CCCc1cccs1)c1ccccn1. The Morgan fingerprint density at radius 3 is 2.89 bits per heavy atom. The summed E-state index contributed by atoms with van der Waals surface area (Å²) >= 11 is 1.70. The number of pyridine rings is 1. The Hall–Kier alpha value is -1.99. The van der Waals surface area contributed by atoms with Crippen molar-refractivity contribution in [3.8, 4) is 6.07 Å². The minimum Gasteiger partial charge on any atom is -0.298 e. The molecule has 0 N–H and O–H groups in total. The van der Waals surface area contributed by atoms with E-state index < -0.39 is 5.92 Å². The lowest BCUT2D eigenvalue weighted by Gasteiger charge is -2.06. The molecule has 2 aromatic heterocycles. The first-order valence-corrected chi connectivity index (χ1v) is 7.05. The van der Waals surface area contributed by atoms with Gasteiger partial charge in [-0.3, -0.25) is 9.78 Å². The van der Waals surface area contributed by atoms with E-state index in [0.29, 0.717) is 12.1 Å². The minimum atomic E-state index is -0.732. The zero-order valence-corrected chi connectivity index (χ0v) is 11.3. The molecule has 2 rings (SSSR count). The first-order chi connectivity index (χ1) is 9.31. The molecule has 19 heavy (non-hydrogen) atoms. The Labute approximate surface area is 116 Å². The summed E-state index contributed by atoms with van der Waals surface area (Å²) < 4.78 is 0. The van der Waals surface area contributed by atoms with E-state index in [1.54, 1.807) is 35.7 Å². The van der Waals surface area contributed by atoms with Crippen LogP contribution >= 0.6 is 11.3 Å². The summed E-state index contributed by atoms with van der Waals surface area (Å²) in [7, 11) is 0. The van der Waals surface area contributed by atoms with E-state index in [2.05, 4.69) is 17.1 Å². The molecule has 4 heteroatoms. The van der Waals surface area contributed by atoms with E-state index in [0.717, 1.165) is 12.8 Å². The van der Waals surface area contributed by atoms with Crippen LogP contribution in [0.1, 0.15) is 29.3 Å². The van der Waals surface area contributed by atoms with Crippen molar-refractivity contribution in [2.24, 2.45) is 0 Å². The Kier molecular flexibility index (Phi) is 4.82. The van der Waals surface area contributed by atoms with Crippen molar-refractivity contribution in [3.63, 3.8) is 0 Å². The van der Waals surface area contributed by atoms with Gasteiger partial charge in [-0.1, -0.05) is 12.1 Å². The second-order valence-electron chi connectivity index (χ2n) is 4.22. The average Bonchev–Trinajstić information content (AvgIpc) is 2.94. The van der Waals surface area contributed by atoms with Crippen LogP contribution in [0.3, 0.4) is 0 Å². The highest BCUT2D eigenvalue weighted by molar-refractivity contribution is 7.09. The van der Waals surface area contributed by atoms with E-state index in [1.165, 1.54) is 4.88 Å². The molecular weight excluding hydrogens is 256 g/mol. The summed E-state index contributed by atoms with van der Waals surface area (Å²) in [6.07, 6.45) is 3.71. The zero-order valence-electron chi connectivity index (χ0n) is 10.5. The normalized spacial score (nSPS) is 11.7. The topological polar surface area (TPSA) is 53.8 Å². The third kappa shape index (κ3) is 3.73. The van der Waals surface area contributed by atoms with Crippen LogP contribution in [0.25, 0.3) is 0 Å². The number of hydrogen-bond acceptors (Lipinski definition) is 4. The fourth-order valence-corrected chi connectivity index (χ4v) is 2.64. The zero-order chi connectivity index (χ0) is 13.5. The predicted molar refractivity (Wildman–Crippen MR) is 74.9 cm³/mol. The Bertz CT molecular complexity index is 558. The molecule has 0 aliphatic rings. The molecule has 0 saturated heterocycles. The smallest absolute Gasteiger partial charge is 0.156 e. The molecule has 0 saturated carbocycles. The van der Waals surface area contributed by atoms with Crippen molar-refractivity contribution < 1.29 is 4.79 Å². The first-order valence-electron chi connectivity index (χ1n) is 6.17. The number of nitrogens with zero attached hydrogens (tertiary/aromatic N) is 2.